The van der Waals surface area contributed by atoms with Gasteiger partial charge in [-0.15, -0.1) is 0 Å². The Morgan fingerprint density at radius 2 is 1.82 bits per heavy atom. The predicted molar refractivity (Wildman–Crippen MR) is 175 cm³/mol. The van der Waals surface area contributed by atoms with E-state index in [1.54, 1.807) is 38.5 Å². The van der Waals surface area contributed by atoms with Gasteiger partial charge in [0, 0.05) is 29.2 Å². The van der Waals surface area contributed by atoms with Gasteiger partial charge in [0.2, 0.25) is 0 Å². The summed E-state index contributed by atoms with van der Waals surface area (Å²) >= 11 is 13.7. The van der Waals surface area contributed by atoms with Crippen molar-refractivity contribution in [3.05, 3.63) is 131 Å². The van der Waals surface area contributed by atoms with Crippen molar-refractivity contribution < 1.29 is 14.3 Å². The van der Waals surface area contributed by atoms with Crippen LogP contribution in [0.15, 0.2) is 94.0 Å². The van der Waals surface area contributed by atoms with E-state index in [0.717, 1.165) is 27.6 Å². The van der Waals surface area contributed by atoms with Gasteiger partial charge in [-0.2, -0.15) is 0 Å². The maximum atomic E-state index is 14.2. The molecule has 44 heavy (non-hydrogen) atoms. The first-order valence-corrected chi connectivity index (χ1v) is 15.6. The normalized spacial score (nSPS) is 15.1. The smallest absolute Gasteiger partial charge is 0.338 e. The van der Waals surface area contributed by atoms with Crippen LogP contribution in [0.2, 0.25) is 10.0 Å². The standard InChI is InChI=1S/C34H29Cl2N3O4S/c1-19(2)43-33(41)30-20(3)37-34-39(31(30)22-10-12-24(42-4)13-11-22)32(40)29(44-34)16-23-18-38(28-8-6-5-7-25(23)28)17-21-9-14-26(35)27(36)15-21/h5-16,18-19,31H,17H2,1-4H3/b29-16+/t31-/m1/s1. The number of aromatic nitrogens is 2. The number of para-hydroxylation sites is 1. The van der Waals surface area contributed by atoms with E-state index < -0.39 is 12.0 Å². The van der Waals surface area contributed by atoms with E-state index >= 15 is 0 Å². The van der Waals surface area contributed by atoms with Gasteiger partial charge in [-0.25, -0.2) is 9.79 Å². The summed E-state index contributed by atoms with van der Waals surface area (Å²) in [7, 11) is 1.59. The Morgan fingerprint density at radius 3 is 2.52 bits per heavy atom. The Balaban J connectivity index is 1.50. The molecule has 0 bridgehead atoms. The number of ether oxygens (including phenoxy) is 2. The monoisotopic (exact) mass is 645 g/mol. The molecule has 5 aromatic rings. The van der Waals surface area contributed by atoms with Crippen molar-refractivity contribution in [1.29, 1.82) is 0 Å². The molecule has 0 radical (unpaired) electrons. The molecule has 0 saturated heterocycles. The highest BCUT2D eigenvalue weighted by atomic mass is 35.5. The minimum Gasteiger partial charge on any atom is -0.497 e. The third-order valence-electron chi connectivity index (χ3n) is 7.46. The zero-order valence-corrected chi connectivity index (χ0v) is 26.8. The Kier molecular flexibility index (Phi) is 8.24. The van der Waals surface area contributed by atoms with E-state index in [-0.39, 0.29) is 11.7 Å². The number of thiazole rings is 1. The molecule has 0 fully saturated rings. The van der Waals surface area contributed by atoms with Crippen molar-refractivity contribution >= 4 is 57.5 Å². The van der Waals surface area contributed by atoms with Gasteiger partial charge in [0.05, 0.1) is 45.1 Å². The second kappa shape index (κ2) is 12.1. The molecule has 224 valence electrons. The molecule has 3 heterocycles. The second-order valence-corrected chi connectivity index (χ2v) is 12.6. The number of nitrogens with zero attached hydrogens (tertiary/aromatic N) is 3. The molecule has 0 spiro atoms. The highest BCUT2D eigenvalue weighted by Gasteiger charge is 2.33. The Labute approximate surface area is 267 Å². The number of carbonyl (C=O) groups is 1. The van der Waals surface area contributed by atoms with Gasteiger partial charge in [0.1, 0.15) is 5.75 Å². The summed E-state index contributed by atoms with van der Waals surface area (Å²) in [5, 5.41) is 2.01. The minimum atomic E-state index is -0.707. The number of halogens is 2. The van der Waals surface area contributed by atoms with Gasteiger partial charge >= 0.3 is 5.97 Å². The number of fused-ring (bicyclic) bond motifs is 2. The molecule has 3 aromatic carbocycles. The molecular formula is C34H29Cl2N3O4S. The van der Waals surface area contributed by atoms with Gasteiger partial charge in [-0.3, -0.25) is 9.36 Å². The van der Waals surface area contributed by atoms with Crippen LogP contribution in [0, 0.1) is 0 Å². The number of esters is 1. The maximum absolute atomic E-state index is 14.2. The maximum Gasteiger partial charge on any atom is 0.338 e. The molecule has 0 unspecified atom stereocenters. The van der Waals surface area contributed by atoms with E-state index in [4.69, 9.17) is 37.7 Å². The summed E-state index contributed by atoms with van der Waals surface area (Å²) in [6, 6.07) is 20.3. The number of rotatable bonds is 7. The van der Waals surface area contributed by atoms with Gasteiger partial charge in [-0.05, 0) is 68.3 Å². The first kappa shape index (κ1) is 29.9. The van der Waals surface area contributed by atoms with Gasteiger partial charge in [0.25, 0.3) is 5.56 Å². The number of carbonyl (C=O) groups excluding carboxylic acids is 1. The van der Waals surface area contributed by atoms with Gasteiger partial charge < -0.3 is 14.0 Å². The molecule has 0 N–H and O–H groups in total. The van der Waals surface area contributed by atoms with Crippen molar-refractivity contribution in [1.82, 2.24) is 9.13 Å². The molecule has 6 rings (SSSR count). The largest absolute Gasteiger partial charge is 0.497 e. The first-order valence-electron chi connectivity index (χ1n) is 14.0. The van der Waals surface area contributed by atoms with Crippen LogP contribution in [0.5, 0.6) is 5.75 Å². The SMILES string of the molecule is COc1ccc([C@@H]2C(C(=O)OC(C)C)=C(C)N=c3s/c(=C/c4cn(Cc5ccc(Cl)c(Cl)c5)c5ccccc45)c(=O)n32)cc1. The molecule has 10 heteroatoms. The molecule has 2 aromatic heterocycles. The van der Waals surface area contributed by atoms with Gasteiger partial charge in [-0.1, -0.05) is 70.9 Å². The van der Waals surface area contributed by atoms with E-state index in [2.05, 4.69) is 4.57 Å². The Bertz CT molecular complexity index is 2120. The van der Waals surface area contributed by atoms with E-state index in [1.807, 2.05) is 72.9 Å². The highest BCUT2D eigenvalue weighted by Crippen LogP contribution is 2.32. The van der Waals surface area contributed by atoms with Crippen LogP contribution in [0.3, 0.4) is 0 Å². The highest BCUT2D eigenvalue weighted by molar-refractivity contribution is 7.07. The molecule has 1 aliphatic heterocycles. The fourth-order valence-corrected chi connectivity index (χ4v) is 6.82. The zero-order chi connectivity index (χ0) is 31.1. The predicted octanol–water partition coefficient (Wildman–Crippen LogP) is 6.51. The topological polar surface area (TPSA) is 74.8 Å². The molecule has 1 aliphatic rings. The Morgan fingerprint density at radius 1 is 1.07 bits per heavy atom. The minimum absolute atomic E-state index is 0.238. The van der Waals surface area contributed by atoms with E-state index in [1.165, 1.54) is 11.3 Å². The quantitative estimate of drug-likeness (QED) is 0.189. The van der Waals surface area contributed by atoms with Crippen LogP contribution in [0.25, 0.3) is 17.0 Å². The average molecular weight is 647 g/mol. The van der Waals surface area contributed by atoms with Crippen LogP contribution < -0.4 is 19.6 Å². The Hall–Kier alpha value is -4.11. The number of hydrogen-bond acceptors (Lipinski definition) is 6. The molecule has 0 aliphatic carbocycles. The summed E-state index contributed by atoms with van der Waals surface area (Å²) in [4.78, 5) is 32.8. The van der Waals surface area contributed by atoms with Gasteiger partial charge in [0.15, 0.2) is 4.80 Å². The summed E-state index contributed by atoms with van der Waals surface area (Å²) < 4.78 is 15.2. The fraction of sp³-hybridized carbons (Fsp3) is 0.206. The number of hydrogen-bond donors (Lipinski definition) is 0. The van der Waals surface area contributed by atoms with Crippen molar-refractivity contribution in [2.75, 3.05) is 7.11 Å². The zero-order valence-electron chi connectivity index (χ0n) is 24.5. The van der Waals surface area contributed by atoms with Crippen LogP contribution in [-0.4, -0.2) is 28.3 Å². The number of allylic oxidation sites excluding steroid dienone is 1. The lowest BCUT2D eigenvalue weighted by Gasteiger charge is -2.25. The van der Waals surface area contributed by atoms with Crippen molar-refractivity contribution in [2.24, 2.45) is 4.99 Å². The third kappa shape index (κ3) is 5.61. The van der Waals surface area contributed by atoms with Crippen molar-refractivity contribution in [2.45, 2.75) is 39.5 Å². The lowest BCUT2D eigenvalue weighted by molar-refractivity contribution is -0.143. The van der Waals surface area contributed by atoms with Crippen LogP contribution in [0.1, 0.15) is 43.5 Å². The van der Waals surface area contributed by atoms with E-state index in [0.29, 0.717) is 42.9 Å². The summed E-state index contributed by atoms with van der Waals surface area (Å²) in [5.41, 5.74) is 4.27. The summed E-state index contributed by atoms with van der Waals surface area (Å²) in [6.07, 6.45) is 3.60. The van der Waals surface area contributed by atoms with E-state index in [9.17, 15) is 9.59 Å². The number of benzene rings is 3. The molecule has 1 atom stereocenters. The third-order valence-corrected chi connectivity index (χ3v) is 9.18. The molecular weight excluding hydrogens is 617 g/mol. The van der Waals surface area contributed by atoms with Crippen LogP contribution in [0.4, 0.5) is 0 Å². The van der Waals surface area contributed by atoms with Crippen LogP contribution >= 0.6 is 34.5 Å². The molecule has 0 saturated carbocycles. The fourth-order valence-electron chi connectivity index (χ4n) is 5.46. The van der Waals surface area contributed by atoms with Crippen molar-refractivity contribution in [3.63, 3.8) is 0 Å². The molecule has 7 nitrogen and oxygen atoms in total. The average Bonchev–Trinajstić information content (AvgIpc) is 3.50. The summed E-state index contributed by atoms with van der Waals surface area (Å²) in [6.45, 7) is 5.94. The summed E-state index contributed by atoms with van der Waals surface area (Å²) in [5.74, 6) is 0.173. The lowest BCUT2D eigenvalue weighted by atomic mass is 9.96. The second-order valence-electron chi connectivity index (χ2n) is 10.8. The van der Waals surface area contributed by atoms with Crippen molar-refractivity contribution in [3.8, 4) is 5.75 Å². The number of methoxy groups -OCH3 is 1. The molecule has 0 amide bonds. The first-order chi connectivity index (χ1) is 21.1. The van der Waals surface area contributed by atoms with Crippen LogP contribution in [-0.2, 0) is 16.1 Å². The lowest BCUT2D eigenvalue weighted by Crippen LogP contribution is -2.40.